The van der Waals surface area contributed by atoms with Gasteiger partial charge in [-0.1, -0.05) is 45.8 Å². The Labute approximate surface area is 187 Å². The van der Waals surface area contributed by atoms with Crippen LogP contribution in [0, 0.1) is 0 Å². The minimum absolute atomic E-state index is 0.142. The van der Waals surface area contributed by atoms with Crippen molar-refractivity contribution in [1.82, 2.24) is 14.5 Å². The molecule has 30 heavy (non-hydrogen) atoms. The Bertz CT molecular complexity index is 1420. The van der Waals surface area contributed by atoms with Gasteiger partial charge in [-0.25, -0.2) is 19.3 Å². The van der Waals surface area contributed by atoms with Crippen LogP contribution in [0.5, 0.6) is 5.88 Å². The molecule has 0 aliphatic rings. The van der Waals surface area contributed by atoms with Gasteiger partial charge < -0.3 is 5.11 Å². The maximum Gasteiger partial charge on any atom is 0.335 e. The maximum atomic E-state index is 12.5. The van der Waals surface area contributed by atoms with Gasteiger partial charge in [0.15, 0.2) is 0 Å². The number of nitrogens with one attached hydrogen (secondary N) is 1. The molecule has 4 rings (SSSR count). The SMILES string of the molecule is CCc1cc(Br)ccc1-n1c(O)c(C=Nc2nc3ccc(Cl)cc3s2)c(=O)[nH]c1=O. The van der Waals surface area contributed by atoms with Gasteiger partial charge in [0, 0.05) is 15.7 Å². The number of aromatic amines is 1. The highest BCUT2D eigenvalue weighted by atomic mass is 79.9. The molecule has 4 aromatic rings. The number of fused-ring (bicyclic) bond motifs is 1. The lowest BCUT2D eigenvalue weighted by Crippen LogP contribution is -2.31. The second-order valence-electron chi connectivity index (χ2n) is 6.33. The summed E-state index contributed by atoms with van der Waals surface area (Å²) in [7, 11) is 0. The number of aliphatic imine (C=N–C) groups is 1. The second-order valence-corrected chi connectivity index (χ2v) is 8.69. The van der Waals surface area contributed by atoms with Gasteiger partial charge in [0.2, 0.25) is 11.0 Å². The second kappa shape index (κ2) is 8.17. The molecule has 0 radical (unpaired) electrons. The van der Waals surface area contributed by atoms with Crippen molar-refractivity contribution in [3.05, 3.63) is 77.9 Å². The van der Waals surface area contributed by atoms with Gasteiger partial charge in [0.25, 0.3) is 5.56 Å². The third-order valence-electron chi connectivity index (χ3n) is 4.43. The van der Waals surface area contributed by atoms with E-state index in [1.54, 1.807) is 30.3 Å². The van der Waals surface area contributed by atoms with Gasteiger partial charge >= 0.3 is 5.69 Å². The van der Waals surface area contributed by atoms with Crippen molar-refractivity contribution in [3.63, 3.8) is 0 Å². The largest absolute Gasteiger partial charge is 0.493 e. The first kappa shape index (κ1) is 20.5. The molecule has 7 nitrogen and oxygen atoms in total. The molecule has 0 aliphatic carbocycles. The number of benzene rings is 2. The minimum atomic E-state index is -0.739. The minimum Gasteiger partial charge on any atom is -0.493 e. The predicted molar refractivity (Wildman–Crippen MR) is 123 cm³/mol. The molecule has 2 aromatic heterocycles. The van der Waals surface area contributed by atoms with Crippen LogP contribution in [0.2, 0.25) is 5.02 Å². The fourth-order valence-corrected chi connectivity index (χ4v) is 4.49. The van der Waals surface area contributed by atoms with E-state index < -0.39 is 17.1 Å². The molecule has 0 unspecified atom stereocenters. The smallest absolute Gasteiger partial charge is 0.335 e. The Balaban J connectivity index is 1.83. The van der Waals surface area contributed by atoms with Gasteiger partial charge in [0.05, 0.1) is 15.9 Å². The highest BCUT2D eigenvalue weighted by molar-refractivity contribution is 9.10. The van der Waals surface area contributed by atoms with E-state index in [1.165, 1.54) is 17.6 Å². The summed E-state index contributed by atoms with van der Waals surface area (Å²) in [4.78, 5) is 35.6. The summed E-state index contributed by atoms with van der Waals surface area (Å²) in [6, 6.07) is 10.6. The predicted octanol–water partition coefficient (Wildman–Crippen LogP) is 4.57. The fraction of sp³-hybridized carbons (Fsp3) is 0.100. The van der Waals surface area contributed by atoms with E-state index in [0.29, 0.717) is 22.3 Å². The molecule has 0 spiro atoms. The van der Waals surface area contributed by atoms with Crippen LogP contribution in [-0.2, 0) is 6.42 Å². The number of halogens is 2. The molecule has 0 atom stereocenters. The molecular formula is C20H14BrClN4O3S. The van der Waals surface area contributed by atoms with Crippen molar-refractivity contribution in [2.45, 2.75) is 13.3 Å². The first-order valence-electron chi connectivity index (χ1n) is 8.84. The molecule has 2 N–H and O–H groups in total. The lowest BCUT2D eigenvalue weighted by Gasteiger charge is -2.13. The summed E-state index contributed by atoms with van der Waals surface area (Å²) in [5, 5.41) is 11.7. The van der Waals surface area contributed by atoms with Gasteiger partial charge in [-0.3, -0.25) is 9.78 Å². The van der Waals surface area contributed by atoms with Crippen LogP contribution in [0.25, 0.3) is 15.9 Å². The Morgan fingerprint density at radius 2 is 2.10 bits per heavy atom. The Hall–Kier alpha value is -2.75. The molecule has 0 saturated heterocycles. The van der Waals surface area contributed by atoms with Crippen LogP contribution in [0.15, 0.2) is 55.5 Å². The molecule has 2 heterocycles. The number of nitrogens with zero attached hydrogens (tertiary/aromatic N) is 3. The third kappa shape index (κ3) is 3.83. The van der Waals surface area contributed by atoms with Gasteiger partial charge in [-0.05, 0) is 48.4 Å². The first-order valence-corrected chi connectivity index (χ1v) is 10.8. The van der Waals surface area contributed by atoms with Crippen LogP contribution >= 0.6 is 38.9 Å². The maximum absolute atomic E-state index is 12.5. The van der Waals surface area contributed by atoms with Gasteiger partial charge in [0.1, 0.15) is 5.56 Å². The normalized spacial score (nSPS) is 11.6. The highest BCUT2D eigenvalue weighted by Crippen LogP contribution is 2.30. The number of rotatable bonds is 4. The standard InChI is InChI=1S/C20H14BrClN4O3S/c1-2-10-7-11(21)3-6-15(10)26-18(28)13(17(27)25-20(26)29)9-23-19-24-14-5-4-12(22)8-16(14)30-19/h3-9,28H,2H2,1H3,(H,25,27,29). The molecule has 10 heteroatoms. The van der Waals surface area contributed by atoms with Gasteiger partial charge in [-0.15, -0.1) is 0 Å². The van der Waals surface area contributed by atoms with Crippen molar-refractivity contribution in [2.75, 3.05) is 0 Å². The van der Waals surface area contributed by atoms with E-state index in [0.717, 1.165) is 24.8 Å². The van der Waals surface area contributed by atoms with E-state index in [1.807, 2.05) is 13.0 Å². The first-order chi connectivity index (χ1) is 14.4. The highest BCUT2D eigenvalue weighted by Gasteiger charge is 2.16. The number of aryl methyl sites for hydroxylation is 1. The zero-order valence-electron chi connectivity index (χ0n) is 15.5. The number of aromatic nitrogens is 3. The molecular weight excluding hydrogens is 492 g/mol. The number of hydrogen-bond donors (Lipinski definition) is 2. The summed E-state index contributed by atoms with van der Waals surface area (Å²) >= 11 is 10.7. The summed E-state index contributed by atoms with van der Waals surface area (Å²) in [6.45, 7) is 1.93. The zero-order chi connectivity index (χ0) is 21.4. The number of thiazole rings is 1. The number of H-pyrrole nitrogens is 1. The van der Waals surface area contributed by atoms with Gasteiger partial charge in [-0.2, -0.15) is 0 Å². The zero-order valence-corrected chi connectivity index (χ0v) is 18.7. The van der Waals surface area contributed by atoms with Crippen molar-refractivity contribution in [2.24, 2.45) is 4.99 Å². The fourth-order valence-electron chi connectivity index (χ4n) is 3.00. The van der Waals surface area contributed by atoms with E-state index in [-0.39, 0.29) is 5.56 Å². The number of hydrogen-bond acceptors (Lipinski definition) is 6. The quantitative estimate of drug-likeness (QED) is 0.397. The summed E-state index contributed by atoms with van der Waals surface area (Å²) in [5.74, 6) is -0.492. The van der Waals surface area contributed by atoms with E-state index in [9.17, 15) is 14.7 Å². The van der Waals surface area contributed by atoms with Crippen LogP contribution < -0.4 is 11.2 Å². The molecule has 0 amide bonds. The summed E-state index contributed by atoms with van der Waals surface area (Å²) in [6.07, 6.45) is 1.82. The van der Waals surface area contributed by atoms with Crippen LogP contribution in [0.1, 0.15) is 18.1 Å². The summed E-state index contributed by atoms with van der Waals surface area (Å²) in [5.41, 5.74) is 0.403. The molecule has 152 valence electrons. The molecule has 0 bridgehead atoms. The topological polar surface area (TPSA) is 100 Å². The Morgan fingerprint density at radius 1 is 1.30 bits per heavy atom. The van der Waals surface area contributed by atoms with Crippen molar-refractivity contribution in [1.29, 1.82) is 0 Å². The van der Waals surface area contributed by atoms with E-state index >= 15 is 0 Å². The average molecular weight is 506 g/mol. The molecule has 2 aromatic carbocycles. The van der Waals surface area contributed by atoms with Crippen molar-refractivity contribution in [3.8, 4) is 11.6 Å². The third-order valence-corrected chi connectivity index (χ3v) is 6.08. The average Bonchev–Trinajstić information content (AvgIpc) is 3.10. The number of aromatic hydroxyl groups is 1. The van der Waals surface area contributed by atoms with E-state index in [4.69, 9.17) is 11.6 Å². The van der Waals surface area contributed by atoms with Crippen molar-refractivity contribution >= 4 is 60.4 Å². The van der Waals surface area contributed by atoms with Crippen molar-refractivity contribution < 1.29 is 5.11 Å². The van der Waals surface area contributed by atoms with Crippen LogP contribution in [0.3, 0.4) is 0 Å². The van der Waals surface area contributed by atoms with Crippen LogP contribution in [-0.4, -0.2) is 25.9 Å². The lowest BCUT2D eigenvalue weighted by atomic mass is 10.1. The molecule has 0 aliphatic heterocycles. The molecule has 0 saturated carbocycles. The monoisotopic (exact) mass is 504 g/mol. The Kier molecular flexibility index (Phi) is 5.59. The molecule has 0 fully saturated rings. The van der Waals surface area contributed by atoms with Crippen LogP contribution in [0.4, 0.5) is 5.13 Å². The lowest BCUT2D eigenvalue weighted by molar-refractivity contribution is 0.429. The summed E-state index contributed by atoms with van der Waals surface area (Å²) < 4.78 is 2.75. The van der Waals surface area contributed by atoms with E-state index in [2.05, 4.69) is 30.9 Å². The Morgan fingerprint density at radius 3 is 2.87 bits per heavy atom.